The molecule has 2 N–H and O–H groups in total. The molecule has 1 fully saturated rings. The van der Waals surface area contributed by atoms with Gasteiger partial charge < -0.3 is 15.3 Å². The molecular formula is C15H22N2O2. The van der Waals surface area contributed by atoms with Gasteiger partial charge in [-0.1, -0.05) is 19.1 Å². The Balaban J connectivity index is 2.22. The second-order valence-corrected chi connectivity index (χ2v) is 5.10. The van der Waals surface area contributed by atoms with Crippen LogP contribution in [0.15, 0.2) is 24.3 Å². The van der Waals surface area contributed by atoms with Gasteiger partial charge in [-0.25, -0.2) is 0 Å². The smallest absolute Gasteiger partial charge is 0.246 e. The van der Waals surface area contributed by atoms with E-state index in [1.165, 1.54) is 5.56 Å². The highest BCUT2D eigenvalue weighted by Crippen LogP contribution is 2.19. The van der Waals surface area contributed by atoms with E-state index in [0.29, 0.717) is 6.54 Å². The maximum absolute atomic E-state index is 12.4. The average molecular weight is 262 g/mol. The zero-order chi connectivity index (χ0) is 13.8. The Morgan fingerprint density at radius 1 is 1.37 bits per heavy atom. The fraction of sp³-hybridized carbons (Fsp3) is 0.533. The zero-order valence-electron chi connectivity index (χ0n) is 11.6. The summed E-state index contributed by atoms with van der Waals surface area (Å²) in [5, 5.41) is 12.5. The lowest BCUT2D eigenvalue weighted by Crippen LogP contribution is -2.47. The van der Waals surface area contributed by atoms with Crippen LogP contribution in [0.5, 0.6) is 0 Å². The van der Waals surface area contributed by atoms with Crippen LogP contribution in [0.25, 0.3) is 0 Å². The van der Waals surface area contributed by atoms with Gasteiger partial charge in [0.2, 0.25) is 5.91 Å². The molecule has 1 aromatic rings. The molecule has 0 spiro atoms. The second-order valence-electron chi connectivity index (χ2n) is 5.10. The fourth-order valence-electron chi connectivity index (χ4n) is 2.42. The molecule has 0 aliphatic carbocycles. The first-order valence-electron chi connectivity index (χ1n) is 6.93. The number of aryl methyl sites for hydroxylation is 1. The lowest BCUT2D eigenvalue weighted by atomic mass is 10.1. The van der Waals surface area contributed by atoms with E-state index in [0.717, 1.165) is 18.5 Å². The number of aliphatic hydroxyl groups is 1. The fourth-order valence-corrected chi connectivity index (χ4v) is 2.42. The Morgan fingerprint density at radius 3 is 2.63 bits per heavy atom. The van der Waals surface area contributed by atoms with Crippen LogP contribution in [0.1, 0.15) is 25.8 Å². The lowest BCUT2D eigenvalue weighted by molar-refractivity contribution is -0.121. The maximum atomic E-state index is 12.4. The Bertz CT molecular complexity index is 430. The van der Waals surface area contributed by atoms with Gasteiger partial charge in [-0.05, 0) is 37.5 Å². The monoisotopic (exact) mass is 262 g/mol. The number of hydrogen-bond acceptors (Lipinski definition) is 3. The summed E-state index contributed by atoms with van der Waals surface area (Å²) in [7, 11) is 0. The topological polar surface area (TPSA) is 52.6 Å². The van der Waals surface area contributed by atoms with Gasteiger partial charge in [0.1, 0.15) is 6.04 Å². The number of hydrogen-bond donors (Lipinski definition) is 2. The molecule has 4 nitrogen and oxygen atoms in total. The normalized spacial score (nSPS) is 24.4. The van der Waals surface area contributed by atoms with Crippen LogP contribution < -0.4 is 10.2 Å². The minimum Gasteiger partial charge on any atom is -0.394 e. The molecule has 19 heavy (non-hydrogen) atoms. The number of benzene rings is 1. The number of amides is 1. The second kappa shape index (κ2) is 6.17. The Morgan fingerprint density at radius 2 is 2.05 bits per heavy atom. The van der Waals surface area contributed by atoms with Crippen molar-refractivity contribution in [1.82, 2.24) is 5.32 Å². The zero-order valence-corrected chi connectivity index (χ0v) is 11.6. The molecule has 1 saturated heterocycles. The first kappa shape index (κ1) is 14.0. The van der Waals surface area contributed by atoms with Crippen molar-refractivity contribution < 1.29 is 9.90 Å². The van der Waals surface area contributed by atoms with Gasteiger partial charge in [0, 0.05) is 18.3 Å². The molecule has 1 aliphatic rings. The van der Waals surface area contributed by atoms with Crippen molar-refractivity contribution in [2.45, 2.75) is 38.8 Å². The Labute approximate surface area is 114 Å². The van der Waals surface area contributed by atoms with Crippen LogP contribution >= 0.6 is 0 Å². The van der Waals surface area contributed by atoms with Gasteiger partial charge in [0.05, 0.1) is 6.61 Å². The Kier molecular flexibility index (Phi) is 4.56. The number of carbonyl (C=O) groups excluding carboxylic acids is 1. The molecule has 0 saturated carbocycles. The first-order valence-corrected chi connectivity index (χ1v) is 6.93. The number of rotatable bonds is 3. The Hall–Kier alpha value is -1.39. The largest absolute Gasteiger partial charge is 0.394 e. The van der Waals surface area contributed by atoms with Crippen molar-refractivity contribution in [2.75, 3.05) is 18.1 Å². The molecule has 4 heteroatoms. The average Bonchev–Trinajstić information content (AvgIpc) is 2.58. The number of nitrogens with zero attached hydrogens (tertiary/aromatic N) is 1. The number of anilines is 1. The molecule has 2 rings (SSSR count). The molecule has 0 radical (unpaired) electrons. The van der Waals surface area contributed by atoms with Crippen molar-refractivity contribution in [1.29, 1.82) is 0 Å². The molecule has 2 unspecified atom stereocenters. The van der Waals surface area contributed by atoms with Gasteiger partial charge >= 0.3 is 0 Å². The number of nitrogens with one attached hydrogen (secondary N) is 1. The summed E-state index contributed by atoms with van der Waals surface area (Å²) in [6.07, 6.45) is 1.88. The summed E-state index contributed by atoms with van der Waals surface area (Å²) < 4.78 is 0. The maximum Gasteiger partial charge on any atom is 0.246 e. The van der Waals surface area contributed by atoms with Crippen LogP contribution in [0.4, 0.5) is 5.69 Å². The third-order valence-electron chi connectivity index (χ3n) is 3.67. The van der Waals surface area contributed by atoms with Crippen LogP contribution in [-0.2, 0) is 11.2 Å². The van der Waals surface area contributed by atoms with E-state index in [1.807, 2.05) is 19.1 Å². The van der Waals surface area contributed by atoms with Crippen LogP contribution in [0.2, 0.25) is 0 Å². The highest BCUT2D eigenvalue weighted by molar-refractivity contribution is 5.97. The van der Waals surface area contributed by atoms with E-state index in [1.54, 1.807) is 4.90 Å². The van der Waals surface area contributed by atoms with Crippen LogP contribution in [-0.4, -0.2) is 36.2 Å². The van der Waals surface area contributed by atoms with Crippen LogP contribution in [0, 0.1) is 0 Å². The van der Waals surface area contributed by atoms with Crippen LogP contribution in [0.3, 0.4) is 0 Å². The van der Waals surface area contributed by atoms with Crippen molar-refractivity contribution in [3.8, 4) is 0 Å². The third kappa shape index (κ3) is 3.14. The first-order chi connectivity index (χ1) is 9.15. The van der Waals surface area contributed by atoms with Gasteiger partial charge in [0.25, 0.3) is 0 Å². The predicted molar refractivity (Wildman–Crippen MR) is 76.3 cm³/mol. The lowest BCUT2D eigenvalue weighted by Gasteiger charge is -2.23. The summed E-state index contributed by atoms with van der Waals surface area (Å²) in [6.45, 7) is 4.68. The molecule has 1 heterocycles. The molecular weight excluding hydrogens is 240 g/mol. The van der Waals surface area contributed by atoms with E-state index in [-0.39, 0.29) is 18.6 Å². The summed E-state index contributed by atoms with van der Waals surface area (Å²) in [6, 6.07) is 7.82. The minimum absolute atomic E-state index is 0.0453. The molecule has 104 valence electrons. The molecule has 2 atom stereocenters. The summed E-state index contributed by atoms with van der Waals surface area (Å²) in [5.41, 5.74) is 2.17. The van der Waals surface area contributed by atoms with E-state index in [9.17, 15) is 9.90 Å². The molecule has 1 amide bonds. The van der Waals surface area contributed by atoms with E-state index < -0.39 is 6.04 Å². The summed E-state index contributed by atoms with van der Waals surface area (Å²) in [4.78, 5) is 14.2. The van der Waals surface area contributed by atoms with Crippen molar-refractivity contribution >= 4 is 11.6 Å². The van der Waals surface area contributed by atoms with Gasteiger partial charge in [-0.2, -0.15) is 0 Å². The van der Waals surface area contributed by atoms with Gasteiger partial charge in [-0.3, -0.25) is 4.79 Å². The van der Waals surface area contributed by atoms with Gasteiger partial charge in [-0.15, -0.1) is 0 Å². The number of carbonyl (C=O) groups is 1. The van der Waals surface area contributed by atoms with Crippen molar-refractivity contribution in [3.63, 3.8) is 0 Å². The van der Waals surface area contributed by atoms with Crippen molar-refractivity contribution in [2.24, 2.45) is 0 Å². The van der Waals surface area contributed by atoms with E-state index in [4.69, 9.17) is 0 Å². The molecule has 1 aliphatic heterocycles. The summed E-state index contributed by atoms with van der Waals surface area (Å²) in [5.74, 6) is -0.0453. The molecule has 0 aromatic heterocycles. The molecule has 0 bridgehead atoms. The number of aliphatic hydroxyl groups excluding tert-OH is 1. The SMILES string of the molecule is CCc1ccc(N2CCC(C)NC(CO)C2=O)cc1. The minimum atomic E-state index is -0.497. The highest BCUT2D eigenvalue weighted by Gasteiger charge is 2.29. The third-order valence-corrected chi connectivity index (χ3v) is 3.67. The molecule has 1 aromatic carbocycles. The standard InChI is InChI=1S/C15H22N2O2/c1-3-12-4-6-13(7-5-12)17-9-8-11(2)16-14(10-18)15(17)19/h4-7,11,14,16,18H,3,8-10H2,1-2H3. The van der Waals surface area contributed by atoms with Crippen molar-refractivity contribution in [3.05, 3.63) is 29.8 Å². The van der Waals surface area contributed by atoms with E-state index >= 15 is 0 Å². The summed E-state index contributed by atoms with van der Waals surface area (Å²) >= 11 is 0. The highest BCUT2D eigenvalue weighted by atomic mass is 16.3. The quantitative estimate of drug-likeness (QED) is 0.864. The van der Waals surface area contributed by atoms with E-state index in [2.05, 4.69) is 24.4 Å². The van der Waals surface area contributed by atoms with Gasteiger partial charge in [0.15, 0.2) is 0 Å². The predicted octanol–water partition coefficient (Wildman–Crippen LogP) is 1.32.